The fourth-order valence-electron chi connectivity index (χ4n) is 2.43. The van der Waals surface area contributed by atoms with Gasteiger partial charge in [-0.05, 0) is 36.3 Å². The minimum atomic E-state index is -1.11. The fraction of sp³-hybridized carbons (Fsp3) is 0.286. The zero-order valence-corrected chi connectivity index (χ0v) is 11.4. The quantitative estimate of drug-likeness (QED) is 0.911. The molecule has 0 bridgehead atoms. The number of fused-ring (bicyclic) bond motifs is 1. The fourth-order valence-corrected chi connectivity index (χ4v) is 3.42. The first kappa shape index (κ1) is 12.9. The molecule has 1 unspecified atom stereocenters. The lowest BCUT2D eigenvalue weighted by Gasteiger charge is -2.23. The van der Waals surface area contributed by atoms with Crippen LogP contribution in [0.5, 0.6) is 0 Å². The van der Waals surface area contributed by atoms with Gasteiger partial charge in [-0.1, -0.05) is 0 Å². The van der Waals surface area contributed by atoms with Gasteiger partial charge in [0.25, 0.3) is 5.91 Å². The summed E-state index contributed by atoms with van der Waals surface area (Å²) in [7, 11) is 0. The summed E-state index contributed by atoms with van der Waals surface area (Å²) in [4.78, 5) is 24.2. The molecule has 0 radical (unpaired) electrons. The van der Waals surface area contributed by atoms with E-state index in [1.807, 2.05) is 11.4 Å². The molecule has 3 rings (SSSR count). The van der Waals surface area contributed by atoms with Gasteiger partial charge >= 0.3 is 5.97 Å². The largest absolute Gasteiger partial charge is 0.478 e. The molecule has 104 valence electrons. The Kier molecular flexibility index (Phi) is 3.31. The van der Waals surface area contributed by atoms with Gasteiger partial charge in [-0.3, -0.25) is 4.79 Å². The van der Waals surface area contributed by atoms with Crippen molar-refractivity contribution in [1.29, 1.82) is 0 Å². The third kappa shape index (κ3) is 2.34. The van der Waals surface area contributed by atoms with E-state index < -0.39 is 5.97 Å². The summed E-state index contributed by atoms with van der Waals surface area (Å²) in [5, 5.41) is 13.8. The topological polar surface area (TPSA) is 79.5 Å². The van der Waals surface area contributed by atoms with Crippen LogP contribution in [-0.2, 0) is 6.42 Å². The molecule has 0 aromatic carbocycles. The maximum atomic E-state index is 12.1. The van der Waals surface area contributed by atoms with Gasteiger partial charge in [0.15, 0.2) is 5.76 Å². The van der Waals surface area contributed by atoms with Crippen LogP contribution >= 0.6 is 11.3 Å². The second-order valence-electron chi connectivity index (χ2n) is 4.72. The monoisotopic (exact) mass is 291 g/mol. The number of carboxylic acid groups (broad SMARTS) is 1. The SMILES string of the molecule is O=C(O)c1coc(C(=O)NC2CCCc3sccc32)c1. The Morgan fingerprint density at radius 2 is 2.30 bits per heavy atom. The standard InChI is InChI=1S/C14H13NO4S/c16-13(11-6-8(7-19-11)14(17)18)15-10-2-1-3-12-9(10)4-5-20-12/h4-7,10H,1-3H2,(H,15,16)(H,17,18). The molecule has 2 aromatic rings. The minimum absolute atomic E-state index is 0.0177. The van der Waals surface area contributed by atoms with Gasteiger partial charge in [0.1, 0.15) is 6.26 Å². The van der Waals surface area contributed by atoms with Crippen molar-refractivity contribution in [2.45, 2.75) is 25.3 Å². The van der Waals surface area contributed by atoms with Crippen molar-refractivity contribution < 1.29 is 19.1 Å². The number of hydrogen-bond acceptors (Lipinski definition) is 4. The smallest absolute Gasteiger partial charge is 0.338 e. The minimum Gasteiger partial charge on any atom is -0.478 e. The normalized spacial score (nSPS) is 17.5. The van der Waals surface area contributed by atoms with Crippen molar-refractivity contribution in [3.63, 3.8) is 0 Å². The highest BCUT2D eigenvalue weighted by molar-refractivity contribution is 7.10. The second kappa shape index (κ2) is 5.13. The highest BCUT2D eigenvalue weighted by atomic mass is 32.1. The third-order valence-corrected chi connectivity index (χ3v) is 4.42. The van der Waals surface area contributed by atoms with E-state index in [2.05, 4.69) is 5.32 Å². The molecule has 1 aliphatic carbocycles. The number of nitrogens with one attached hydrogen (secondary N) is 1. The van der Waals surface area contributed by atoms with Crippen molar-refractivity contribution in [2.75, 3.05) is 0 Å². The van der Waals surface area contributed by atoms with E-state index in [1.165, 1.54) is 16.5 Å². The number of carboxylic acids is 1. The van der Waals surface area contributed by atoms with Crippen molar-refractivity contribution in [2.24, 2.45) is 0 Å². The summed E-state index contributed by atoms with van der Waals surface area (Å²) >= 11 is 1.71. The number of thiophene rings is 1. The zero-order valence-electron chi connectivity index (χ0n) is 10.6. The maximum Gasteiger partial charge on any atom is 0.338 e. The first-order valence-corrected chi connectivity index (χ1v) is 7.22. The lowest BCUT2D eigenvalue weighted by molar-refractivity contribution is 0.0695. The number of rotatable bonds is 3. The Bertz CT molecular complexity index is 658. The first-order valence-electron chi connectivity index (χ1n) is 6.34. The van der Waals surface area contributed by atoms with E-state index in [0.29, 0.717) is 0 Å². The summed E-state index contributed by atoms with van der Waals surface area (Å²) < 4.78 is 5.01. The number of aryl methyl sites for hydroxylation is 1. The Morgan fingerprint density at radius 3 is 3.05 bits per heavy atom. The molecular formula is C14H13NO4S. The van der Waals surface area contributed by atoms with Crippen molar-refractivity contribution >= 4 is 23.2 Å². The summed E-state index contributed by atoms with van der Waals surface area (Å²) in [6, 6.07) is 3.26. The summed E-state index contributed by atoms with van der Waals surface area (Å²) in [6.07, 6.45) is 4.07. The molecule has 2 aromatic heterocycles. The van der Waals surface area contributed by atoms with Gasteiger partial charge in [-0.25, -0.2) is 4.79 Å². The lowest BCUT2D eigenvalue weighted by Crippen LogP contribution is -2.30. The third-order valence-electron chi connectivity index (χ3n) is 3.43. The average molecular weight is 291 g/mol. The van der Waals surface area contributed by atoms with Crippen molar-refractivity contribution in [1.82, 2.24) is 5.32 Å². The highest BCUT2D eigenvalue weighted by Gasteiger charge is 2.24. The van der Waals surface area contributed by atoms with Gasteiger partial charge < -0.3 is 14.8 Å². The van der Waals surface area contributed by atoms with Gasteiger partial charge in [0, 0.05) is 10.9 Å². The van der Waals surface area contributed by atoms with Crippen LogP contribution in [0.15, 0.2) is 28.2 Å². The van der Waals surface area contributed by atoms with E-state index in [4.69, 9.17) is 9.52 Å². The molecule has 0 aliphatic heterocycles. The second-order valence-corrected chi connectivity index (χ2v) is 5.72. The van der Waals surface area contributed by atoms with E-state index in [9.17, 15) is 9.59 Å². The van der Waals surface area contributed by atoms with E-state index in [0.717, 1.165) is 25.5 Å². The van der Waals surface area contributed by atoms with Crippen LogP contribution in [0.2, 0.25) is 0 Å². The Labute approximate surface area is 119 Å². The number of carbonyl (C=O) groups excluding carboxylic acids is 1. The Morgan fingerprint density at radius 1 is 1.45 bits per heavy atom. The molecule has 6 heteroatoms. The number of amides is 1. The summed E-state index contributed by atoms with van der Waals surface area (Å²) in [5.41, 5.74) is 1.15. The number of carbonyl (C=O) groups is 2. The molecule has 0 saturated carbocycles. The molecule has 1 atom stereocenters. The molecule has 1 aliphatic rings. The lowest BCUT2D eigenvalue weighted by atomic mass is 9.94. The van der Waals surface area contributed by atoms with Crippen LogP contribution in [0.3, 0.4) is 0 Å². The van der Waals surface area contributed by atoms with Gasteiger partial charge in [-0.15, -0.1) is 11.3 Å². The number of aromatic carboxylic acids is 1. The predicted molar refractivity (Wildman–Crippen MR) is 73.1 cm³/mol. The molecule has 1 amide bonds. The van der Waals surface area contributed by atoms with Crippen molar-refractivity contribution in [3.05, 3.63) is 45.5 Å². The van der Waals surface area contributed by atoms with E-state index in [1.54, 1.807) is 11.3 Å². The molecule has 0 saturated heterocycles. The molecular weight excluding hydrogens is 278 g/mol. The van der Waals surface area contributed by atoms with Crippen LogP contribution in [-0.4, -0.2) is 17.0 Å². The first-order chi connectivity index (χ1) is 9.65. The van der Waals surface area contributed by atoms with Gasteiger partial charge in [0.2, 0.25) is 0 Å². The van der Waals surface area contributed by atoms with Gasteiger partial charge in [-0.2, -0.15) is 0 Å². The number of furan rings is 1. The highest BCUT2D eigenvalue weighted by Crippen LogP contribution is 2.33. The van der Waals surface area contributed by atoms with Gasteiger partial charge in [0.05, 0.1) is 11.6 Å². The van der Waals surface area contributed by atoms with Crippen LogP contribution in [0.1, 0.15) is 50.2 Å². The van der Waals surface area contributed by atoms with E-state index >= 15 is 0 Å². The Balaban J connectivity index is 1.75. The average Bonchev–Trinajstić information content (AvgIpc) is 3.08. The molecule has 5 nitrogen and oxygen atoms in total. The maximum absolute atomic E-state index is 12.1. The molecule has 0 fully saturated rings. The summed E-state index contributed by atoms with van der Waals surface area (Å²) in [5.74, 6) is -1.45. The molecule has 20 heavy (non-hydrogen) atoms. The van der Waals surface area contributed by atoms with Crippen LogP contribution in [0.4, 0.5) is 0 Å². The zero-order chi connectivity index (χ0) is 14.1. The van der Waals surface area contributed by atoms with E-state index in [-0.39, 0.29) is 23.3 Å². The summed E-state index contributed by atoms with van der Waals surface area (Å²) in [6.45, 7) is 0. The molecule has 2 heterocycles. The molecule has 2 N–H and O–H groups in total. The predicted octanol–water partition coefficient (Wildman–Crippen LogP) is 2.85. The van der Waals surface area contributed by atoms with Crippen LogP contribution in [0.25, 0.3) is 0 Å². The molecule has 0 spiro atoms. The number of hydrogen-bond donors (Lipinski definition) is 2. The van der Waals surface area contributed by atoms with Crippen LogP contribution < -0.4 is 5.32 Å². The van der Waals surface area contributed by atoms with Crippen molar-refractivity contribution in [3.8, 4) is 0 Å². The Hall–Kier alpha value is -2.08. The van der Waals surface area contributed by atoms with Crippen LogP contribution in [0, 0.1) is 0 Å².